The summed E-state index contributed by atoms with van der Waals surface area (Å²) < 4.78 is 0. The highest BCUT2D eigenvalue weighted by atomic mass is 16.2. The van der Waals surface area contributed by atoms with E-state index in [2.05, 4.69) is 16.0 Å². The molecule has 0 aromatic carbocycles. The molecule has 3 atom stereocenters. The predicted molar refractivity (Wildman–Crippen MR) is 88.7 cm³/mol. The molecule has 8 nitrogen and oxygen atoms in total. The van der Waals surface area contributed by atoms with Gasteiger partial charge in [-0.25, -0.2) is 0 Å². The largest absolute Gasteiger partial charge is 0.368 e. The molecule has 1 aliphatic heterocycles. The Hall–Kier alpha value is -2.12. The zero-order valence-corrected chi connectivity index (χ0v) is 14.4. The van der Waals surface area contributed by atoms with Gasteiger partial charge >= 0.3 is 0 Å². The molecule has 0 spiro atoms. The van der Waals surface area contributed by atoms with Crippen LogP contribution >= 0.6 is 0 Å². The summed E-state index contributed by atoms with van der Waals surface area (Å²) in [6, 6.07) is -2.10. The Kier molecular flexibility index (Phi) is 8.21. The summed E-state index contributed by atoms with van der Waals surface area (Å²) in [6.07, 6.45) is 3.89. The molecular weight excluding hydrogens is 312 g/mol. The molecule has 1 rings (SSSR count). The molecule has 5 N–H and O–H groups in total. The molecule has 0 aromatic rings. The maximum atomic E-state index is 12.4. The monoisotopic (exact) mass is 340 g/mol. The fourth-order valence-corrected chi connectivity index (χ4v) is 2.68. The lowest BCUT2D eigenvalue weighted by molar-refractivity contribution is -0.134. The number of hydrogen-bond acceptors (Lipinski definition) is 4. The Bertz CT molecular complexity index is 481. The molecule has 0 radical (unpaired) electrons. The molecule has 0 aliphatic carbocycles. The van der Waals surface area contributed by atoms with Gasteiger partial charge < -0.3 is 21.7 Å². The zero-order chi connectivity index (χ0) is 18.1. The SMILES string of the molecule is CCCC(NC(=O)C(CCC)NC(=O)C1CCCC(=O)N1)C(N)=O. The van der Waals surface area contributed by atoms with Gasteiger partial charge in [-0.1, -0.05) is 26.7 Å². The van der Waals surface area contributed by atoms with Crippen LogP contribution in [-0.4, -0.2) is 41.8 Å². The second-order valence-electron chi connectivity index (χ2n) is 6.11. The van der Waals surface area contributed by atoms with Crippen molar-refractivity contribution >= 4 is 23.6 Å². The van der Waals surface area contributed by atoms with Gasteiger partial charge in [-0.15, -0.1) is 0 Å². The van der Waals surface area contributed by atoms with E-state index in [1.54, 1.807) is 0 Å². The van der Waals surface area contributed by atoms with Crippen molar-refractivity contribution in [3.8, 4) is 0 Å². The minimum absolute atomic E-state index is 0.158. The Morgan fingerprint density at radius 1 is 1.17 bits per heavy atom. The quantitative estimate of drug-likeness (QED) is 0.459. The van der Waals surface area contributed by atoms with Crippen LogP contribution in [0.2, 0.25) is 0 Å². The van der Waals surface area contributed by atoms with Crippen molar-refractivity contribution < 1.29 is 19.2 Å². The minimum Gasteiger partial charge on any atom is -0.368 e. The molecule has 136 valence electrons. The normalized spacial score (nSPS) is 19.8. The average Bonchev–Trinajstić information content (AvgIpc) is 2.53. The molecule has 1 heterocycles. The van der Waals surface area contributed by atoms with Crippen LogP contribution in [0, 0.1) is 0 Å². The molecule has 24 heavy (non-hydrogen) atoms. The summed E-state index contributed by atoms with van der Waals surface area (Å²) in [5.74, 6) is -1.55. The lowest BCUT2D eigenvalue weighted by Crippen LogP contribution is -2.56. The van der Waals surface area contributed by atoms with E-state index in [0.717, 1.165) is 0 Å². The van der Waals surface area contributed by atoms with E-state index in [1.165, 1.54) is 0 Å². The average molecular weight is 340 g/mol. The van der Waals surface area contributed by atoms with Gasteiger partial charge in [0, 0.05) is 6.42 Å². The first kappa shape index (κ1) is 19.9. The fourth-order valence-electron chi connectivity index (χ4n) is 2.68. The highest BCUT2D eigenvalue weighted by molar-refractivity contribution is 5.94. The maximum Gasteiger partial charge on any atom is 0.243 e. The summed E-state index contributed by atoms with van der Waals surface area (Å²) in [5, 5.41) is 7.91. The molecule has 3 unspecified atom stereocenters. The first-order chi connectivity index (χ1) is 11.4. The van der Waals surface area contributed by atoms with E-state index in [4.69, 9.17) is 5.73 Å². The van der Waals surface area contributed by atoms with Gasteiger partial charge in [-0.2, -0.15) is 0 Å². The highest BCUT2D eigenvalue weighted by Crippen LogP contribution is 2.09. The number of nitrogens with two attached hydrogens (primary N) is 1. The second kappa shape index (κ2) is 9.89. The molecule has 0 bridgehead atoms. The lowest BCUT2D eigenvalue weighted by Gasteiger charge is -2.26. The molecule has 0 saturated carbocycles. The van der Waals surface area contributed by atoms with Gasteiger partial charge in [-0.3, -0.25) is 19.2 Å². The maximum absolute atomic E-state index is 12.4. The number of amides is 4. The second-order valence-corrected chi connectivity index (χ2v) is 6.11. The minimum atomic E-state index is -0.750. The first-order valence-electron chi connectivity index (χ1n) is 8.58. The van der Waals surface area contributed by atoms with Crippen molar-refractivity contribution in [3.63, 3.8) is 0 Å². The number of carbonyl (C=O) groups is 4. The van der Waals surface area contributed by atoms with Crippen LogP contribution in [0.15, 0.2) is 0 Å². The Labute approximate surface area is 142 Å². The molecular formula is C16H28N4O4. The van der Waals surface area contributed by atoms with E-state index in [1.807, 2.05) is 13.8 Å². The Morgan fingerprint density at radius 3 is 2.33 bits per heavy atom. The topological polar surface area (TPSA) is 130 Å². The Morgan fingerprint density at radius 2 is 1.79 bits per heavy atom. The zero-order valence-electron chi connectivity index (χ0n) is 14.4. The van der Waals surface area contributed by atoms with Gasteiger partial charge in [0.15, 0.2) is 0 Å². The molecule has 8 heteroatoms. The van der Waals surface area contributed by atoms with Gasteiger partial charge in [0.05, 0.1) is 0 Å². The van der Waals surface area contributed by atoms with Crippen LogP contribution in [0.5, 0.6) is 0 Å². The van der Waals surface area contributed by atoms with Crippen molar-refractivity contribution in [2.45, 2.75) is 76.9 Å². The smallest absolute Gasteiger partial charge is 0.243 e. The van der Waals surface area contributed by atoms with Crippen molar-refractivity contribution in [2.24, 2.45) is 5.73 Å². The van der Waals surface area contributed by atoms with E-state index in [0.29, 0.717) is 44.9 Å². The van der Waals surface area contributed by atoms with Gasteiger partial charge in [0.25, 0.3) is 0 Å². The molecule has 1 fully saturated rings. The van der Waals surface area contributed by atoms with Crippen LogP contribution in [0.25, 0.3) is 0 Å². The predicted octanol–water partition coefficient (Wildman–Crippen LogP) is -0.290. The molecule has 1 aliphatic rings. The first-order valence-corrected chi connectivity index (χ1v) is 8.58. The summed E-state index contributed by atoms with van der Waals surface area (Å²) in [5.41, 5.74) is 5.29. The standard InChI is InChI=1S/C16H28N4O4/c1-3-6-10(14(17)22)19-15(23)11(7-4-2)20-16(24)12-8-5-9-13(21)18-12/h10-12H,3-9H2,1-2H3,(H2,17,22)(H,18,21)(H,19,23)(H,20,24). The fraction of sp³-hybridized carbons (Fsp3) is 0.750. The van der Waals surface area contributed by atoms with E-state index < -0.39 is 29.9 Å². The van der Waals surface area contributed by atoms with Crippen molar-refractivity contribution in [1.82, 2.24) is 16.0 Å². The van der Waals surface area contributed by atoms with Crippen LogP contribution in [0.3, 0.4) is 0 Å². The van der Waals surface area contributed by atoms with Crippen molar-refractivity contribution in [1.29, 1.82) is 0 Å². The third-order valence-corrected chi connectivity index (χ3v) is 4.00. The van der Waals surface area contributed by atoms with Gasteiger partial charge in [-0.05, 0) is 25.7 Å². The lowest BCUT2D eigenvalue weighted by atomic mass is 10.0. The summed E-state index contributed by atoms with van der Waals surface area (Å²) in [7, 11) is 0. The van der Waals surface area contributed by atoms with E-state index in [9.17, 15) is 19.2 Å². The molecule has 4 amide bonds. The molecule has 1 saturated heterocycles. The number of piperidine rings is 1. The third-order valence-electron chi connectivity index (χ3n) is 4.00. The van der Waals surface area contributed by atoms with Crippen molar-refractivity contribution in [3.05, 3.63) is 0 Å². The summed E-state index contributed by atoms with van der Waals surface area (Å²) in [4.78, 5) is 47.4. The van der Waals surface area contributed by atoms with E-state index >= 15 is 0 Å². The van der Waals surface area contributed by atoms with Crippen LogP contribution < -0.4 is 21.7 Å². The van der Waals surface area contributed by atoms with Crippen LogP contribution in [-0.2, 0) is 19.2 Å². The summed E-state index contributed by atoms with van der Waals surface area (Å²) >= 11 is 0. The van der Waals surface area contributed by atoms with Crippen molar-refractivity contribution in [2.75, 3.05) is 0 Å². The summed E-state index contributed by atoms with van der Waals surface area (Å²) in [6.45, 7) is 3.78. The van der Waals surface area contributed by atoms with Gasteiger partial charge in [0.2, 0.25) is 23.6 Å². The van der Waals surface area contributed by atoms with Crippen LogP contribution in [0.4, 0.5) is 0 Å². The third kappa shape index (κ3) is 6.17. The highest BCUT2D eigenvalue weighted by Gasteiger charge is 2.29. The molecule has 0 aromatic heterocycles. The Balaban J connectivity index is 2.67. The van der Waals surface area contributed by atoms with Gasteiger partial charge in [0.1, 0.15) is 18.1 Å². The number of primary amides is 1. The van der Waals surface area contributed by atoms with Crippen LogP contribution in [0.1, 0.15) is 58.8 Å². The number of rotatable bonds is 9. The number of carbonyl (C=O) groups excluding carboxylic acids is 4. The van der Waals surface area contributed by atoms with E-state index in [-0.39, 0.29) is 11.8 Å². The number of hydrogen-bond donors (Lipinski definition) is 4. The number of nitrogens with one attached hydrogen (secondary N) is 3.